The Hall–Kier alpha value is -1.34. The highest BCUT2D eigenvalue weighted by Gasteiger charge is 2.47. The van der Waals surface area contributed by atoms with Crippen LogP contribution in [0.5, 0.6) is 0 Å². The lowest BCUT2D eigenvalue weighted by molar-refractivity contribution is -0.137. The average Bonchev–Trinajstić information content (AvgIpc) is 3.36. The van der Waals surface area contributed by atoms with Gasteiger partial charge in [0.15, 0.2) is 0 Å². The van der Waals surface area contributed by atoms with Crippen LogP contribution in [0, 0.1) is 40.9 Å². The number of rotatable bonds is 5. The summed E-state index contributed by atoms with van der Waals surface area (Å²) >= 11 is 1.75. The number of carbonyl (C=O) groups is 2. The molecule has 3 saturated heterocycles. The van der Waals surface area contributed by atoms with Crippen molar-refractivity contribution in [2.75, 3.05) is 26.7 Å². The van der Waals surface area contributed by atoms with E-state index in [1.807, 2.05) is 4.90 Å². The molecule has 0 spiro atoms. The van der Waals surface area contributed by atoms with Crippen LogP contribution >= 0.6 is 11.8 Å². The first-order valence-corrected chi connectivity index (χ1v) is 14.1. The maximum Gasteiger partial charge on any atom is 0.226 e. The van der Waals surface area contributed by atoms with Crippen molar-refractivity contribution in [3.8, 4) is 6.07 Å². The van der Waals surface area contributed by atoms with Crippen molar-refractivity contribution in [1.82, 2.24) is 20.9 Å². The molecule has 3 N–H and O–H groups in total. The van der Waals surface area contributed by atoms with Gasteiger partial charge in [-0.05, 0) is 57.3 Å². The summed E-state index contributed by atoms with van der Waals surface area (Å²) in [5, 5.41) is 20.2. The highest BCUT2D eigenvalue weighted by Crippen LogP contribution is 2.42. The number of piperidine rings is 1. The van der Waals surface area contributed by atoms with E-state index in [2.05, 4.69) is 28.9 Å². The number of nitriles is 1. The maximum absolute atomic E-state index is 13.5. The Labute approximate surface area is 207 Å². The number of nitrogens with one attached hydrogen (secondary N) is 3. The minimum Gasteiger partial charge on any atom is -0.381 e. The zero-order valence-corrected chi connectivity index (χ0v) is 21.2. The lowest BCUT2D eigenvalue weighted by Gasteiger charge is -2.44. The Morgan fingerprint density at radius 1 is 1.15 bits per heavy atom. The lowest BCUT2D eigenvalue weighted by Crippen LogP contribution is -2.55. The third-order valence-corrected chi connectivity index (χ3v) is 10.4. The van der Waals surface area contributed by atoms with E-state index in [-0.39, 0.29) is 53.1 Å². The third kappa shape index (κ3) is 4.84. The second-order valence-electron chi connectivity index (χ2n) is 11.1. The Balaban J connectivity index is 1.19. The quantitative estimate of drug-likeness (QED) is 0.539. The van der Waals surface area contributed by atoms with Crippen LogP contribution in [0.1, 0.15) is 51.9 Å². The van der Waals surface area contributed by atoms with Gasteiger partial charge >= 0.3 is 0 Å². The molecule has 3 aliphatic heterocycles. The van der Waals surface area contributed by atoms with E-state index in [0.717, 1.165) is 51.6 Å². The van der Waals surface area contributed by atoms with Crippen molar-refractivity contribution in [1.29, 1.82) is 5.26 Å². The first-order chi connectivity index (χ1) is 16.5. The van der Waals surface area contributed by atoms with E-state index in [9.17, 15) is 14.9 Å². The van der Waals surface area contributed by atoms with Gasteiger partial charge in [0.25, 0.3) is 0 Å². The number of methoxy groups -OCH3 is 1. The molecule has 34 heavy (non-hydrogen) atoms. The molecule has 8 nitrogen and oxygen atoms in total. The molecule has 2 aliphatic carbocycles. The monoisotopic (exact) mass is 489 g/mol. The van der Waals surface area contributed by atoms with E-state index in [0.29, 0.717) is 23.7 Å². The van der Waals surface area contributed by atoms with E-state index in [1.54, 1.807) is 18.9 Å². The highest BCUT2D eigenvalue weighted by molar-refractivity contribution is 8.00. The molecular weight excluding hydrogens is 450 g/mol. The number of amides is 2. The number of ether oxygens (including phenoxy) is 1. The standard InChI is InChI=1S/C25H39N5O3S/c1-14-8-17(18-9-15(10-26)6-7-21(18)33-2)19(11-27-14)23(31)29-25-28-20-12-30(13-22(20)34-25)24(32)16-4-3-5-16/h14-22,25,27-28H,3-9,11-13H2,1-2H3,(H,29,31). The van der Waals surface area contributed by atoms with Gasteiger partial charge in [-0.3, -0.25) is 14.9 Å². The molecule has 9 unspecified atom stereocenters. The van der Waals surface area contributed by atoms with E-state index in [1.165, 1.54) is 6.42 Å². The topological polar surface area (TPSA) is 106 Å². The van der Waals surface area contributed by atoms with Crippen LogP contribution in [0.15, 0.2) is 0 Å². The van der Waals surface area contributed by atoms with Gasteiger partial charge < -0.3 is 20.3 Å². The second-order valence-corrected chi connectivity index (χ2v) is 12.4. The lowest BCUT2D eigenvalue weighted by atomic mass is 9.66. The van der Waals surface area contributed by atoms with Crippen LogP contribution in [-0.4, -0.2) is 72.4 Å². The minimum absolute atomic E-state index is 0.0577. The summed E-state index contributed by atoms with van der Waals surface area (Å²) in [5.74, 6) is 1.03. The summed E-state index contributed by atoms with van der Waals surface area (Å²) in [6, 6.07) is 3.06. The molecule has 2 saturated carbocycles. The Morgan fingerprint density at radius 3 is 2.65 bits per heavy atom. The minimum atomic E-state index is -0.129. The zero-order chi connectivity index (χ0) is 23.8. The van der Waals surface area contributed by atoms with Gasteiger partial charge in [-0.1, -0.05) is 6.42 Å². The fourth-order valence-corrected chi connectivity index (χ4v) is 8.23. The maximum atomic E-state index is 13.5. The summed E-state index contributed by atoms with van der Waals surface area (Å²) in [5.41, 5.74) is -0.111. The Bertz CT molecular complexity index is 803. The summed E-state index contributed by atoms with van der Waals surface area (Å²) in [6.07, 6.45) is 6.90. The number of nitrogens with zero attached hydrogens (tertiary/aromatic N) is 2. The molecule has 5 rings (SSSR count). The first-order valence-electron chi connectivity index (χ1n) is 13.1. The van der Waals surface area contributed by atoms with Crippen molar-refractivity contribution < 1.29 is 14.3 Å². The number of fused-ring (bicyclic) bond motifs is 1. The highest BCUT2D eigenvalue weighted by atomic mass is 32.2. The summed E-state index contributed by atoms with van der Waals surface area (Å²) in [4.78, 5) is 28.2. The van der Waals surface area contributed by atoms with E-state index in [4.69, 9.17) is 4.74 Å². The SMILES string of the molecule is COC1CCC(C#N)CC1C1CC(C)NCC1C(=O)NC1NC2CN(C(=O)C3CCC3)CC2S1. The largest absolute Gasteiger partial charge is 0.381 e. The number of hydrogen-bond donors (Lipinski definition) is 3. The zero-order valence-electron chi connectivity index (χ0n) is 20.4. The molecule has 9 heteroatoms. The van der Waals surface area contributed by atoms with Crippen molar-refractivity contribution >= 4 is 23.6 Å². The molecule has 0 bridgehead atoms. The van der Waals surface area contributed by atoms with Gasteiger partial charge in [0.2, 0.25) is 11.8 Å². The Kier molecular flexibility index (Phi) is 7.41. The summed E-state index contributed by atoms with van der Waals surface area (Å²) in [6.45, 7) is 4.37. The van der Waals surface area contributed by atoms with Crippen LogP contribution in [0.4, 0.5) is 0 Å². The summed E-state index contributed by atoms with van der Waals surface area (Å²) < 4.78 is 5.85. The fourth-order valence-electron chi connectivity index (χ4n) is 6.82. The van der Waals surface area contributed by atoms with Gasteiger partial charge in [0, 0.05) is 55.9 Å². The van der Waals surface area contributed by atoms with Gasteiger partial charge in [0.05, 0.1) is 18.1 Å². The molecule has 0 radical (unpaired) electrons. The fraction of sp³-hybridized carbons (Fsp3) is 0.880. The second kappa shape index (κ2) is 10.3. The van der Waals surface area contributed by atoms with Crippen LogP contribution in [0.3, 0.4) is 0 Å². The van der Waals surface area contributed by atoms with Gasteiger partial charge in [-0.2, -0.15) is 5.26 Å². The van der Waals surface area contributed by atoms with Crippen molar-refractivity contribution in [2.24, 2.45) is 29.6 Å². The summed E-state index contributed by atoms with van der Waals surface area (Å²) in [7, 11) is 1.76. The molecule has 2 amide bonds. The molecule has 5 aliphatic rings. The normalized spacial score (nSPS) is 42.5. The molecule has 0 aromatic rings. The molecule has 0 aromatic carbocycles. The van der Waals surface area contributed by atoms with Crippen LogP contribution in [-0.2, 0) is 14.3 Å². The number of likely N-dealkylation sites (tertiary alicyclic amines) is 1. The molecular formula is C25H39N5O3S. The van der Waals surface area contributed by atoms with Crippen molar-refractivity contribution in [2.45, 2.75) is 80.8 Å². The smallest absolute Gasteiger partial charge is 0.226 e. The van der Waals surface area contributed by atoms with Crippen molar-refractivity contribution in [3.05, 3.63) is 0 Å². The van der Waals surface area contributed by atoms with E-state index >= 15 is 0 Å². The number of hydrogen-bond acceptors (Lipinski definition) is 7. The van der Waals surface area contributed by atoms with E-state index < -0.39 is 0 Å². The van der Waals surface area contributed by atoms with Gasteiger partial charge in [-0.15, -0.1) is 11.8 Å². The molecule has 0 aromatic heterocycles. The van der Waals surface area contributed by atoms with Gasteiger partial charge in [0.1, 0.15) is 5.50 Å². The predicted molar refractivity (Wildman–Crippen MR) is 130 cm³/mol. The Morgan fingerprint density at radius 2 is 1.97 bits per heavy atom. The third-order valence-electron chi connectivity index (χ3n) is 9.02. The number of carbonyl (C=O) groups excluding carboxylic acids is 2. The first kappa shape index (κ1) is 24.4. The number of thioether (sulfide) groups is 1. The van der Waals surface area contributed by atoms with Crippen LogP contribution in [0.2, 0.25) is 0 Å². The van der Waals surface area contributed by atoms with Crippen LogP contribution < -0.4 is 16.0 Å². The van der Waals surface area contributed by atoms with Crippen molar-refractivity contribution in [3.63, 3.8) is 0 Å². The molecule has 5 fully saturated rings. The van der Waals surface area contributed by atoms with Crippen LogP contribution in [0.25, 0.3) is 0 Å². The molecule has 188 valence electrons. The molecule has 9 atom stereocenters. The average molecular weight is 490 g/mol. The van der Waals surface area contributed by atoms with Gasteiger partial charge in [-0.25, -0.2) is 0 Å². The predicted octanol–water partition coefficient (Wildman–Crippen LogP) is 1.67. The molecule has 3 heterocycles.